The van der Waals surface area contributed by atoms with Crippen molar-refractivity contribution in [2.75, 3.05) is 11.9 Å². The fourth-order valence-electron chi connectivity index (χ4n) is 3.61. The lowest BCUT2D eigenvalue weighted by Crippen LogP contribution is -2.51. The number of aryl methyl sites for hydroxylation is 2. The fraction of sp³-hybridized carbons (Fsp3) is 0.444. The Kier molecular flexibility index (Phi) is 9.72. The lowest BCUT2D eigenvalue weighted by atomic mass is 10.0. The summed E-state index contributed by atoms with van der Waals surface area (Å²) in [5.74, 6) is -0.786. The van der Waals surface area contributed by atoms with Crippen molar-refractivity contribution < 1.29 is 19.1 Å². The number of halogens is 1. The zero-order valence-electron chi connectivity index (χ0n) is 21.6. The molecular weight excluding hydrogens is 466 g/mol. The number of rotatable bonds is 8. The van der Waals surface area contributed by atoms with E-state index < -0.39 is 35.6 Å². The molecule has 0 aromatic heterocycles. The van der Waals surface area contributed by atoms with Crippen LogP contribution in [0.5, 0.6) is 0 Å². The molecule has 0 aliphatic heterocycles. The number of ether oxygens (including phenoxy) is 1. The minimum absolute atomic E-state index is 0.312. The summed E-state index contributed by atoms with van der Waals surface area (Å²) in [6.07, 6.45) is -0.0797. The molecule has 2 aromatic carbocycles. The Morgan fingerprint density at radius 3 is 2.23 bits per heavy atom. The maximum atomic E-state index is 13.7. The zero-order valence-corrected chi connectivity index (χ0v) is 22.3. The topological polar surface area (TPSA) is 87.7 Å². The van der Waals surface area contributed by atoms with Crippen LogP contribution < -0.4 is 10.6 Å². The largest absolute Gasteiger partial charge is 0.444 e. The van der Waals surface area contributed by atoms with Crippen molar-refractivity contribution in [1.82, 2.24) is 10.2 Å². The molecule has 2 rings (SSSR count). The molecule has 0 saturated heterocycles. The minimum atomic E-state index is -0.929. The number of anilines is 1. The van der Waals surface area contributed by atoms with Crippen LogP contribution in [0.2, 0.25) is 5.02 Å². The summed E-state index contributed by atoms with van der Waals surface area (Å²) < 4.78 is 5.29. The van der Waals surface area contributed by atoms with E-state index in [4.69, 9.17) is 16.3 Å². The van der Waals surface area contributed by atoms with Gasteiger partial charge in [0, 0.05) is 6.54 Å². The van der Waals surface area contributed by atoms with Gasteiger partial charge in [0.25, 0.3) is 5.91 Å². The highest BCUT2D eigenvalue weighted by Crippen LogP contribution is 2.29. The van der Waals surface area contributed by atoms with Gasteiger partial charge >= 0.3 is 6.09 Å². The number of hydrogen-bond acceptors (Lipinski definition) is 4. The van der Waals surface area contributed by atoms with Crippen molar-refractivity contribution >= 4 is 35.2 Å². The standard InChI is InChI=1S/C27H36ClN3O4/c1-8-16-31(25(33)19(4)29-26(34)35-27(5,6)7)23(20-14-12-17(2)13-15-20)24(32)30-22-18(3)10-9-11-21(22)28/h9-15,19,23H,8,16H2,1-7H3,(H,29,34)(H,30,32). The number of hydrogen-bond donors (Lipinski definition) is 2. The van der Waals surface area contributed by atoms with E-state index in [1.54, 1.807) is 33.8 Å². The predicted molar refractivity (Wildman–Crippen MR) is 140 cm³/mol. The van der Waals surface area contributed by atoms with E-state index in [0.717, 1.165) is 11.1 Å². The summed E-state index contributed by atoms with van der Waals surface area (Å²) in [4.78, 5) is 41.0. The van der Waals surface area contributed by atoms with Crippen LogP contribution >= 0.6 is 11.6 Å². The zero-order chi connectivity index (χ0) is 26.3. The van der Waals surface area contributed by atoms with Crippen molar-refractivity contribution in [1.29, 1.82) is 0 Å². The number of carbonyl (C=O) groups is 3. The number of nitrogens with zero attached hydrogens (tertiary/aromatic N) is 1. The van der Waals surface area contributed by atoms with E-state index in [1.807, 2.05) is 57.2 Å². The highest BCUT2D eigenvalue weighted by molar-refractivity contribution is 6.34. The Bertz CT molecular complexity index is 1030. The summed E-state index contributed by atoms with van der Waals surface area (Å²) in [5.41, 5.74) is 2.29. The predicted octanol–water partition coefficient (Wildman–Crippen LogP) is 5.79. The fourth-order valence-corrected chi connectivity index (χ4v) is 3.87. The minimum Gasteiger partial charge on any atom is -0.444 e. The summed E-state index contributed by atoms with van der Waals surface area (Å²) >= 11 is 6.35. The quantitative estimate of drug-likeness (QED) is 0.479. The Morgan fingerprint density at radius 2 is 1.69 bits per heavy atom. The number of para-hydroxylation sites is 1. The molecule has 0 aliphatic rings. The Morgan fingerprint density at radius 1 is 1.06 bits per heavy atom. The van der Waals surface area contributed by atoms with E-state index >= 15 is 0 Å². The van der Waals surface area contributed by atoms with Gasteiger partial charge in [-0.05, 0) is 65.2 Å². The Labute approximate surface area is 213 Å². The third kappa shape index (κ3) is 7.99. The van der Waals surface area contributed by atoms with Crippen LogP contribution in [-0.4, -0.2) is 41.0 Å². The van der Waals surface area contributed by atoms with Crippen molar-refractivity contribution in [3.05, 3.63) is 64.2 Å². The van der Waals surface area contributed by atoms with Gasteiger partial charge in [0.2, 0.25) is 5.91 Å². The number of alkyl carbamates (subject to hydrolysis) is 1. The molecular formula is C27H36ClN3O4. The first kappa shape index (κ1) is 28.2. The van der Waals surface area contributed by atoms with Gasteiger partial charge in [-0.15, -0.1) is 0 Å². The van der Waals surface area contributed by atoms with E-state index in [9.17, 15) is 14.4 Å². The second kappa shape index (κ2) is 12.1. The molecule has 0 saturated carbocycles. The van der Waals surface area contributed by atoms with Crippen molar-refractivity contribution in [2.24, 2.45) is 0 Å². The van der Waals surface area contributed by atoms with Crippen LogP contribution in [0.25, 0.3) is 0 Å². The maximum Gasteiger partial charge on any atom is 0.408 e. The molecule has 7 nitrogen and oxygen atoms in total. The summed E-state index contributed by atoms with van der Waals surface area (Å²) in [5, 5.41) is 5.92. The third-order valence-corrected chi connectivity index (χ3v) is 5.59. The molecule has 0 heterocycles. The van der Waals surface area contributed by atoms with Crippen LogP contribution in [0.15, 0.2) is 42.5 Å². The highest BCUT2D eigenvalue weighted by atomic mass is 35.5. The second-order valence-electron chi connectivity index (χ2n) is 9.63. The Balaban J connectivity index is 2.42. The first-order valence-electron chi connectivity index (χ1n) is 11.8. The number of amides is 3. The highest BCUT2D eigenvalue weighted by Gasteiger charge is 2.34. The molecule has 0 radical (unpaired) electrons. The molecule has 2 N–H and O–H groups in total. The first-order chi connectivity index (χ1) is 16.3. The average molecular weight is 502 g/mol. The molecule has 0 spiro atoms. The van der Waals surface area contributed by atoms with E-state index in [1.165, 1.54) is 4.90 Å². The molecule has 0 bridgehead atoms. The molecule has 2 atom stereocenters. The first-order valence-corrected chi connectivity index (χ1v) is 12.1. The lowest BCUT2D eigenvalue weighted by Gasteiger charge is -2.33. The molecule has 8 heteroatoms. The number of nitrogens with one attached hydrogen (secondary N) is 2. The van der Waals surface area contributed by atoms with Crippen LogP contribution in [-0.2, 0) is 14.3 Å². The number of benzene rings is 2. The molecule has 2 unspecified atom stereocenters. The van der Waals surface area contributed by atoms with Gasteiger partial charge in [-0.3, -0.25) is 9.59 Å². The number of carbonyl (C=O) groups excluding carboxylic acids is 3. The van der Waals surface area contributed by atoms with Crippen molar-refractivity contribution in [2.45, 2.75) is 72.6 Å². The van der Waals surface area contributed by atoms with Crippen LogP contribution in [0, 0.1) is 13.8 Å². The smallest absolute Gasteiger partial charge is 0.408 e. The second-order valence-corrected chi connectivity index (χ2v) is 10.0. The van der Waals surface area contributed by atoms with Crippen molar-refractivity contribution in [3.63, 3.8) is 0 Å². The monoisotopic (exact) mass is 501 g/mol. The molecule has 190 valence electrons. The Hall–Kier alpha value is -3.06. The summed E-state index contributed by atoms with van der Waals surface area (Å²) in [6, 6.07) is 11.0. The van der Waals surface area contributed by atoms with Gasteiger partial charge < -0.3 is 20.3 Å². The van der Waals surface area contributed by atoms with E-state index in [-0.39, 0.29) is 0 Å². The van der Waals surface area contributed by atoms with Crippen LogP contribution in [0.1, 0.15) is 63.8 Å². The normalized spacial score (nSPS) is 12.9. The van der Waals surface area contributed by atoms with E-state index in [2.05, 4.69) is 10.6 Å². The molecule has 0 aliphatic carbocycles. The lowest BCUT2D eigenvalue weighted by molar-refractivity contribution is -0.140. The van der Waals surface area contributed by atoms with Crippen LogP contribution in [0.3, 0.4) is 0 Å². The summed E-state index contributed by atoms with van der Waals surface area (Å²) in [6.45, 7) is 12.9. The van der Waals surface area contributed by atoms with Gasteiger partial charge in [-0.1, -0.05) is 60.5 Å². The third-order valence-electron chi connectivity index (χ3n) is 5.27. The maximum absolute atomic E-state index is 13.7. The molecule has 0 fully saturated rings. The van der Waals surface area contributed by atoms with Gasteiger partial charge in [0.05, 0.1) is 10.7 Å². The van der Waals surface area contributed by atoms with Crippen molar-refractivity contribution in [3.8, 4) is 0 Å². The SMILES string of the molecule is CCCN(C(=O)C(C)NC(=O)OC(C)(C)C)C(C(=O)Nc1c(C)cccc1Cl)c1ccc(C)cc1. The molecule has 35 heavy (non-hydrogen) atoms. The van der Waals surface area contributed by atoms with Gasteiger partial charge in [0.1, 0.15) is 17.7 Å². The summed E-state index contributed by atoms with van der Waals surface area (Å²) in [7, 11) is 0. The molecule has 2 aromatic rings. The van der Waals surface area contributed by atoms with Gasteiger partial charge in [-0.2, -0.15) is 0 Å². The average Bonchev–Trinajstić information content (AvgIpc) is 2.75. The molecule has 3 amide bonds. The van der Waals surface area contributed by atoms with E-state index in [0.29, 0.717) is 29.2 Å². The van der Waals surface area contributed by atoms with Crippen LogP contribution in [0.4, 0.5) is 10.5 Å². The van der Waals surface area contributed by atoms with Gasteiger partial charge in [-0.25, -0.2) is 4.79 Å². The van der Waals surface area contributed by atoms with Gasteiger partial charge in [0.15, 0.2) is 0 Å².